The Hall–Kier alpha value is -0.620. The molecule has 1 saturated carbocycles. The third-order valence-corrected chi connectivity index (χ3v) is 3.56. The fraction of sp³-hybridized carbons (Fsp3) is 0.900. The molecular formula is C10H17NO. The van der Waals surface area contributed by atoms with Crippen LogP contribution in [-0.2, 0) is 4.79 Å². The number of hydrogen-bond acceptors (Lipinski definition) is 2. The van der Waals surface area contributed by atoms with Crippen molar-refractivity contribution in [3.63, 3.8) is 0 Å². The Labute approximate surface area is 74.1 Å². The van der Waals surface area contributed by atoms with E-state index in [1.807, 2.05) is 0 Å². The van der Waals surface area contributed by atoms with Crippen LogP contribution in [0.25, 0.3) is 0 Å². The first-order valence-corrected chi connectivity index (χ1v) is 4.70. The van der Waals surface area contributed by atoms with Crippen molar-refractivity contribution in [3.8, 4) is 0 Å². The number of aliphatic imine (C=N–C) groups is 1. The first-order chi connectivity index (χ1) is 5.61. The van der Waals surface area contributed by atoms with Crippen molar-refractivity contribution in [3.05, 3.63) is 0 Å². The zero-order valence-corrected chi connectivity index (χ0v) is 8.13. The average Bonchev–Trinajstić information content (AvgIpc) is 2.02. The minimum Gasteiger partial charge on any atom is -0.211 e. The molecule has 0 radical (unpaired) electrons. The molecule has 0 aromatic rings. The van der Waals surface area contributed by atoms with Gasteiger partial charge in [0.2, 0.25) is 6.08 Å². The molecule has 12 heavy (non-hydrogen) atoms. The Bertz CT molecular complexity index is 196. The highest BCUT2D eigenvalue weighted by Crippen LogP contribution is 2.40. The Morgan fingerprint density at radius 3 is 2.25 bits per heavy atom. The van der Waals surface area contributed by atoms with Crippen LogP contribution in [0.1, 0.15) is 40.0 Å². The predicted molar refractivity (Wildman–Crippen MR) is 48.7 cm³/mol. The normalized spacial score (nSPS) is 41.9. The first-order valence-electron chi connectivity index (χ1n) is 4.70. The van der Waals surface area contributed by atoms with Crippen LogP contribution in [0.2, 0.25) is 0 Å². The van der Waals surface area contributed by atoms with E-state index in [4.69, 9.17) is 0 Å². The molecule has 2 unspecified atom stereocenters. The Kier molecular flexibility index (Phi) is 2.69. The van der Waals surface area contributed by atoms with Gasteiger partial charge in [-0.2, -0.15) is 4.99 Å². The highest BCUT2D eigenvalue weighted by molar-refractivity contribution is 5.35. The fourth-order valence-corrected chi connectivity index (χ4v) is 2.12. The lowest BCUT2D eigenvalue weighted by Gasteiger charge is -2.40. The van der Waals surface area contributed by atoms with Gasteiger partial charge in [0, 0.05) is 0 Å². The summed E-state index contributed by atoms with van der Waals surface area (Å²) in [6.45, 7) is 6.43. The largest absolute Gasteiger partial charge is 0.235 e. The molecule has 0 saturated heterocycles. The lowest BCUT2D eigenvalue weighted by Crippen LogP contribution is -2.41. The van der Waals surface area contributed by atoms with Crippen molar-refractivity contribution in [1.82, 2.24) is 0 Å². The minimum atomic E-state index is -0.153. The zero-order valence-electron chi connectivity index (χ0n) is 8.13. The SMILES string of the molecule is CC1CCCC(C)C1(C)N=C=O. The van der Waals surface area contributed by atoms with Crippen LogP contribution in [0.5, 0.6) is 0 Å². The second-order valence-electron chi connectivity index (χ2n) is 4.16. The molecule has 68 valence electrons. The van der Waals surface area contributed by atoms with Crippen molar-refractivity contribution < 1.29 is 4.79 Å². The summed E-state index contributed by atoms with van der Waals surface area (Å²) in [6.07, 6.45) is 5.36. The van der Waals surface area contributed by atoms with Gasteiger partial charge in [0.25, 0.3) is 0 Å². The molecule has 1 aliphatic rings. The summed E-state index contributed by atoms with van der Waals surface area (Å²) in [6, 6.07) is 0. The van der Waals surface area contributed by atoms with Gasteiger partial charge in [0.15, 0.2) is 0 Å². The van der Waals surface area contributed by atoms with Gasteiger partial charge in [-0.1, -0.05) is 20.3 Å². The van der Waals surface area contributed by atoms with E-state index in [0.717, 1.165) is 0 Å². The molecule has 0 bridgehead atoms. The van der Waals surface area contributed by atoms with E-state index in [1.54, 1.807) is 6.08 Å². The van der Waals surface area contributed by atoms with E-state index < -0.39 is 0 Å². The summed E-state index contributed by atoms with van der Waals surface area (Å²) in [5, 5.41) is 0. The summed E-state index contributed by atoms with van der Waals surface area (Å²) in [4.78, 5) is 14.2. The molecule has 0 amide bonds. The Morgan fingerprint density at radius 1 is 1.33 bits per heavy atom. The first kappa shape index (κ1) is 9.47. The maximum atomic E-state index is 10.3. The molecule has 2 heteroatoms. The van der Waals surface area contributed by atoms with E-state index in [-0.39, 0.29) is 5.54 Å². The zero-order chi connectivity index (χ0) is 9.19. The quantitative estimate of drug-likeness (QED) is 0.436. The summed E-state index contributed by atoms with van der Waals surface area (Å²) < 4.78 is 0. The van der Waals surface area contributed by atoms with Crippen molar-refractivity contribution in [1.29, 1.82) is 0 Å². The van der Waals surface area contributed by atoms with Gasteiger partial charge < -0.3 is 0 Å². The monoisotopic (exact) mass is 167 g/mol. The molecule has 0 N–H and O–H groups in total. The lowest BCUT2D eigenvalue weighted by molar-refractivity contribution is 0.155. The number of nitrogens with zero attached hydrogens (tertiary/aromatic N) is 1. The van der Waals surface area contributed by atoms with Crippen LogP contribution in [0.4, 0.5) is 0 Å². The van der Waals surface area contributed by atoms with E-state index in [2.05, 4.69) is 25.8 Å². The van der Waals surface area contributed by atoms with Crippen LogP contribution in [0.3, 0.4) is 0 Å². The van der Waals surface area contributed by atoms with Gasteiger partial charge in [0.1, 0.15) is 0 Å². The molecule has 1 fully saturated rings. The van der Waals surface area contributed by atoms with E-state index in [9.17, 15) is 4.79 Å². The van der Waals surface area contributed by atoms with Gasteiger partial charge in [-0.15, -0.1) is 0 Å². The van der Waals surface area contributed by atoms with Crippen molar-refractivity contribution in [2.24, 2.45) is 16.8 Å². The van der Waals surface area contributed by atoms with E-state index in [0.29, 0.717) is 11.8 Å². The number of rotatable bonds is 1. The molecule has 1 rings (SSSR count). The average molecular weight is 167 g/mol. The van der Waals surface area contributed by atoms with Crippen LogP contribution >= 0.6 is 0 Å². The van der Waals surface area contributed by atoms with Gasteiger partial charge in [-0.05, 0) is 31.6 Å². The van der Waals surface area contributed by atoms with Crippen molar-refractivity contribution >= 4 is 6.08 Å². The molecular weight excluding hydrogens is 150 g/mol. The fourth-order valence-electron chi connectivity index (χ4n) is 2.12. The smallest absolute Gasteiger partial charge is 0.211 e. The number of hydrogen-bond donors (Lipinski definition) is 0. The highest BCUT2D eigenvalue weighted by Gasteiger charge is 2.39. The third-order valence-electron chi connectivity index (χ3n) is 3.56. The van der Waals surface area contributed by atoms with Crippen LogP contribution < -0.4 is 0 Å². The summed E-state index contributed by atoms with van der Waals surface area (Å²) in [5.41, 5.74) is -0.153. The summed E-state index contributed by atoms with van der Waals surface area (Å²) in [7, 11) is 0. The Morgan fingerprint density at radius 2 is 1.83 bits per heavy atom. The summed E-state index contributed by atoms with van der Waals surface area (Å²) in [5.74, 6) is 1.03. The van der Waals surface area contributed by atoms with Gasteiger partial charge in [-0.3, -0.25) is 0 Å². The van der Waals surface area contributed by atoms with Crippen molar-refractivity contribution in [2.45, 2.75) is 45.6 Å². The van der Waals surface area contributed by atoms with E-state index in [1.165, 1.54) is 19.3 Å². The number of carbonyl (C=O) groups excluding carboxylic acids is 1. The molecule has 0 heterocycles. The second kappa shape index (κ2) is 3.40. The predicted octanol–water partition coefficient (Wildman–Crippen LogP) is 2.54. The highest BCUT2D eigenvalue weighted by atomic mass is 16.1. The maximum Gasteiger partial charge on any atom is 0.235 e. The topological polar surface area (TPSA) is 29.4 Å². The third kappa shape index (κ3) is 1.44. The van der Waals surface area contributed by atoms with Gasteiger partial charge >= 0.3 is 0 Å². The van der Waals surface area contributed by atoms with Crippen LogP contribution in [0, 0.1) is 11.8 Å². The standard InChI is InChI=1S/C10H17NO/c1-8-5-4-6-9(2)10(8,3)11-7-12/h8-9H,4-6H2,1-3H3. The second-order valence-corrected chi connectivity index (χ2v) is 4.16. The minimum absolute atomic E-state index is 0.153. The van der Waals surface area contributed by atoms with Gasteiger partial charge in [0.05, 0.1) is 5.54 Å². The molecule has 2 nitrogen and oxygen atoms in total. The van der Waals surface area contributed by atoms with Gasteiger partial charge in [-0.25, -0.2) is 4.79 Å². The van der Waals surface area contributed by atoms with Crippen molar-refractivity contribution in [2.75, 3.05) is 0 Å². The molecule has 2 atom stereocenters. The van der Waals surface area contributed by atoms with E-state index >= 15 is 0 Å². The Balaban J connectivity index is 2.86. The number of isocyanates is 1. The molecule has 0 aromatic carbocycles. The summed E-state index contributed by atoms with van der Waals surface area (Å²) >= 11 is 0. The molecule has 0 spiro atoms. The molecule has 0 aromatic heterocycles. The molecule has 1 aliphatic carbocycles. The van der Waals surface area contributed by atoms with Crippen LogP contribution in [0.15, 0.2) is 4.99 Å². The van der Waals surface area contributed by atoms with Crippen LogP contribution in [-0.4, -0.2) is 11.6 Å². The molecule has 0 aliphatic heterocycles. The maximum absolute atomic E-state index is 10.3. The lowest BCUT2D eigenvalue weighted by atomic mass is 9.69.